The number of aromatic nitrogens is 2. The first-order valence-electron chi connectivity index (χ1n) is 6.61. The van der Waals surface area contributed by atoms with E-state index in [0.29, 0.717) is 5.76 Å². The van der Waals surface area contributed by atoms with E-state index in [-0.39, 0.29) is 10.8 Å². The number of sulfonamides is 1. The number of rotatable bonds is 5. The Kier molecular flexibility index (Phi) is 3.90. The second kappa shape index (κ2) is 5.71. The molecule has 22 heavy (non-hydrogen) atoms. The molecular weight excluding hydrogens is 322 g/mol. The zero-order chi connectivity index (χ0) is 15.7. The Balaban J connectivity index is 1.82. The van der Waals surface area contributed by atoms with Crippen LogP contribution in [0.1, 0.15) is 17.0 Å². The lowest BCUT2D eigenvalue weighted by Gasteiger charge is -2.02. The van der Waals surface area contributed by atoms with Crippen LogP contribution in [0.4, 0.5) is 0 Å². The molecule has 0 radical (unpaired) electrons. The molecule has 0 unspecified atom stereocenters. The maximum absolute atomic E-state index is 12.3. The van der Waals surface area contributed by atoms with Crippen LogP contribution in [0.5, 0.6) is 0 Å². The van der Waals surface area contributed by atoms with Gasteiger partial charge in [0.2, 0.25) is 10.0 Å². The normalized spacial score (nSPS) is 11.9. The van der Waals surface area contributed by atoms with Crippen LogP contribution in [0.15, 0.2) is 39.2 Å². The first kappa shape index (κ1) is 15.0. The summed E-state index contributed by atoms with van der Waals surface area (Å²) in [4.78, 5) is 0.820. The van der Waals surface area contributed by atoms with Gasteiger partial charge >= 0.3 is 0 Å². The van der Waals surface area contributed by atoms with E-state index in [1.165, 1.54) is 17.6 Å². The van der Waals surface area contributed by atoms with E-state index >= 15 is 0 Å². The first-order valence-corrected chi connectivity index (χ1v) is 8.91. The third-order valence-electron chi connectivity index (χ3n) is 3.35. The molecule has 3 aromatic rings. The summed E-state index contributed by atoms with van der Waals surface area (Å²) in [5, 5.41) is 7.13. The second-order valence-electron chi connectivity index (χ2n) is 4.84. The van der Waals surface area contributed by atoms with Crippen LogP contribution >= 0.6 is 11.3 Å². The van der Waals surface area contributed by atoms with E-state index in [1.54, 1.807) is 24.3 Å². The van der Waals surface area contributed by atoms with Gasteiger partial charge in [0.1, 0.15) is 15.7 Å². The third-order valence-corrected chi connectivity index (χ3v) is 6.33. The average molecular weight is 337 g/mol. The van der Waals surface area contributed by atoms with Gasteiger partial charge in [-0.05, 0) is 43.7 Å². The van der Waals surface area contributed by atoms with Gasteiger partial charge < -0.3 is 4.42 Å². The van der Waals surface area contributed by atoms with Crippen molar-refractivity contribution in [1.29, 1.82) is 0 Å². The topological polar surface area (TPSA) is 88.0 Å². The fourth-order valence-corrected chi connectivity index (χ4v) is 4.36. The molecule has 0 aliphatic heterocycles. The van der Waals surface area contributed by atoms with Crippen LogP contribution in [0.3, 0.4) is 0 Å². The number of furan rings is 1. The van der Waals surface area contributed by atoms with Crippen LogP contribution in [0.25, 0.3) is 10.6 Å². The minimum atomic E-state index is -3.56. The van der Waals surface area contributed by atoms with E-state index in [4.69, 9.17) is 4.42 Å². The van der Waals surface area contributed by atoms with Crippen LogP contribution in [-0.2, 0) is 16.6 Å². The zero-order valence-electron chi connectivity index (χ0n) is 12.1. The van der Waals surface area contributed by atoms with E-state index < -0.39 is 10.0 Å². The van der Waals surface area contributed by atoms with Crippen molar-refractivity contribution in [2.45, 2.75) is 24.6 Å². The van der Waals surface area contributed by atoms with Gasteiger partial charge in [-0.15, -0.1) is 11.3 Å². The minimum Gasteiger partial charge on any atom is -0.468 e. The molecule has 0 amide bonds. The third kappa shape index (κ3) is 2.85. The number of H-pyrrole nitrogens is 1. The molecule has 0 saturated carbocycles. The second-order valence-corrected chi connectivity index (χ2v) is 7.92. The van der Waals surface area contributed by atoms with Gasteiger partial charge in [0.15, 0.2) is 0 Å². The van der Waals surface area contributed by atoms with E-state index in [9.17, 15) is 8.42 Å². The molecule has 3 rings (SSSR count). The number of aromatic amines is 1. The van der Waals surface area contributed by atoms with Crippen LogP contribution in [0.2, 0.25) is 0 Å². The highest BCUT2D eigenvalue weighted by atomic mass is 32.2. The van der Waals surface area contributed by atoms with Gasteiger partial charge in [-0.25, -0.2) is 13.1 Å². The maximum Gasteiger partial charge on any atom is 0.250 e. The number of aryl methyl sites for hydroxylation is 1. The van der Waals surface area contributed by atoms with Crippen molar-refractivity contribution in [3.8, 4) is 10.6 Å². The molecule has 3 heterocycles. The fraction of sp³-hybridized carbons (Fsp3) is 0.214. The Morgan fingerprint density at radius 1 is 1.32 bits per heavy atom. The monoisotopic (exact) mass is 337 g/mol. The maximum atomic E-state index is 12.3. The summed E-state index contributed by atoms with van der Waals surface area (Å²) in [6.07, 6.45) is 1.51. The summed E-state index contributed by atoms with van der Waals surface area (Å²) in [5.41, 5.74) is 2.79. The van der Waals surface area contributed by atoms with Crippen LogP contribution < -0.4 is 4.72 Å². The van der Waals surface area contributed by atoms with Crippen molar-refractivity contribution in [1.82, 2.24) is 14.9 Å². The molecule has 2 N–H and O–H groups in total. The van der Waals surface area contributed by atoms with E-state index in [2.05, 4.69) is 14.9 Å². The number of hydrogen-bond acceptors (Lipinski definition) is 5. The molecule has 0 aliphatic carbocycles. The summed E-state index contributed by atoms with van der Waals surface area (Å²) in [5.74, 6) is 0.569. The van der Waals surface area contributed by atoms with Crippen LogP contribution in [-0.4, -0.2) is 18.6 Å². The molecule has 6 nitrogen and oxygen atoms in total. The summed E-state index contributed by atoms with van der Waals surface area (Å²) in [6.45, 7) is 4.02. The summed E-state index contributed by atoms with van der Waals surface area (Å²) < 4.78 is 32.5. The summed E-state index contributed by atoms with van der Waals surface area (Å²) >= 11 is 1.19. The van der Waals surface area contributed by atoms with Crippen molar-refractivity contribution in [3.05, 3.63) is 47.5 Å². The molecule has 116 valence electrons. The number of nitrogens with zero attached hydrogens (tertiary/aromatic N) is 1. The molecule has 8 heteroatoms. The average Bonchev–Trinajstić information content (AvgIpc) is 3.20. The molecule has 3 aromatic heterocycles. The number of thiophene rings is 1. The molecular formula is C14H15N3O3S2. The highest BCUT2D eigenvalue weighted by Crippen LogP contribution is 2.32. The Morgan fingerprint density at radius 2 is 2.14 bits per heavy atom. The van der Waals surface area contributed by atoms with Gasteiger partial charge in [-0.3, -0.25) is 5.10 Å². The highest BCUT2D eigenvalue weighted by Gasteiger charge is 2.19. The summed E-state index contributed by atoms with van der Waals surface area (Å²) in [6, 6.07) is 6.80. The van der Waals surface area contributed by atoms with Crippen molar-refractivity contribution >= 4 is 21.4 Å². The van der Waals surface area contributed by atoms with Gasteiger partial charge in [0, 0.05) is 5.69 Å². The standard InChI is InChI=1S/C14H15N3O3S2/c1-9-10(2)16-17-14(9)12-5-6-13(21-12)22(18,19)15-8-11-4-3-7-20-11/h3-7,15H,8H2,1-2H3,(H,16,17). The Morgan fingerprint density at radius 3 is 2.77 bits per heavy atom. The van der Waals surface area contributed by atoms with Gasteiger partial charge in [-0.1, -0.05) is 0 Å². The minimum absolute atomic E-state index is 0.128. The molecule has 0 spiro atoms. The summed E-state index contributed by atoms with van der Waals surface area (Å²) in [7, 11) is -3.56. The van der Waals surface area contributed by atoms with Gasteiger partial charge in [0.05, 0.1) is 17.7 Å². The van der Waals surface area contributed by atoms with Crippen molar-refractivity contribution in [3.63, 3.8) is 0 Å². The van der Waals surface area contributed by atoms with Crippen molar-refractivity contribution in [2.75, 3.05) is 0 Å². The number of nitrogens with one attached hydrogen (secondary N) is 2. The Labute approximate surface area is 132 Å². The number of hydrogen-bond donors (Lipinski definition) is 2. The smallest absolute Gasteiger partial charge is 0.250 e. The highest BCUT2D eigenvalue weighted by molar-refractivity contribution is 7.91. The SMILES string of the molecule is Cc1[nH]nc(-c2ccc(S(=O)(=O)NCc3ccco3)s2)c1C. The predicted molar refractivity (Wildman–Crippen MR) is 84.1 cm³/mol. The first-order chi connectivity index (χ1) is 10.5. The zero-order valence-corrected chi connectivity index (χ0v) is 13.7. The van der Waals surface area contributed by atoms with Crippen LogP contribution in [0, 0.1) is 13.8 Å². The molecule has 0 fully saturated rings. The predicted octanol–water partition coefficient (Wildman–Crippen LogP) is 2.83. The fourth-order valence-electron chi connectivity index (χ4n) is 1.97. The molecule has 0 aromatic carbocycles. The molecule has 0 aliphatic rings. The van der Waals surface area contributed by atoms with Gasteiger partial charge in [0.25, 0.3) is 0 Å². The molecule has 0 atom stereocenters. The van der Waals surface area contributed by atoms with Gasteiger partial charge in [-0.2, -0.15) is 5.10 Å². The van der Waals surface area contributed by atoms with E-state index in [1.807, 2.05) is 13.8 Å². The lowest BCUT2D eigenvalue weighted by atomic mass is 10.2. The van der Waals surface area contributed by atoms with E-state index in [0.717, 1.165) is 21.8 Å². The van der Waals surface area contributed by atoms with Crippen molar-refractivity contribution in [2.24, 2.45) is 0 Å². The lowest BCUT2D eigenvalue weighted by molar-refractivity contribution is 0.499. The molecule has 0 saturated heterocycles. The Bertz CT molecular complexity index is 876. The Hall–Kier alpha value is -1.90. The van der Waals surface area contributed by atoms with Crippen molar-refractivity contribution < 1.29 is 12.8 Å². The quantitative estimate of drug-likeness (QED) is 0.749. The largest absolute Gasteiger partial charge is 0.468 e. The molecule has 0 bridgehead atoms. The lowest BCUT2D eigenvalue weighted by Crippen LogP contribution is -2.22.